The fourth-order valence-electron chi connectivity index (χ4n) is 3.35. The van der Waals surface area contributed by atoms with Crippen molar-refractivity contribution in [2.45, 2.75) is 32.7 Å². The normalized spacial score (nSPS) is 13.0. The van der Waals surface area contributed by atoms with Crippen molar-refractivity contribution in [3.63, 3.8) is 0 Å². The average molecular weight is 404 g/mol. The standard InChI is InChI=1S/C22H25N7O/c1-22(2,3)14-4-6-15(7-5-14)26-19-18(29-23)12-25-21(28-19)27-16-8-9-17-13(10-16)11-24-20(17)30/h4-10,12,29H,11,23H2,1-3H3,(H,24,30)(H2,25,26,27,28)/p+1. The molecule has 0 radical (unpaired) electrons. The number of fused-ring (bicyclic) bond motifs is 1. The number of carbonyl (C=O) groups is 1. The van der Waals surface area contributed by atoms with Gasteiger partial charge in [-0.3, -0.25) is 16.0 Å². The van der Waals surface area contributed by atoms with E-state index in [4.69, 9.17) is 5.84 Å². The van der Waals surface area contributed by atoms with Crippen LogP contribution in [0.15, 0.2) is 48.7 Å². The first-order valence-electron chi connectivity index (χ1n) is 9.80. The summed E-state index contributed by atoms with van der Waals surface area (Å²) in [6, 6.07) is 14.0. The summed E-state index contributed by atoms with van der Waals surface area (Å²) in [6.45, 7) is 7.10. The topological polar surface area (TPSA) is 122 Å². The van der Waals surface area contributed by atoms with E-state index in [1.165, 1.54) is 5.56 Å². The molecule has 1 aliphatic heterocycles. The smallest absolute Gasteiger partial charge is 0.259 e. The Morgan fingerprint density at radius 2 is 1.90 bits per heavy atom. The molecule has 0 spiro atoms. The van der Waals surface area contributed by atoms with E-state index >= 15 is 0 Å². The maximum Gasteiger partial charge on any atom is 0.259 e. The van der Waals surface area contributed by atoms with E-state index in [2.05, 4.69) is 71.1 Å². The molecule has 7 N–H and O–H groups in total. The fraction of sp³-hybridized carbons (Fsp3) is 0.227. The molecule has 1 aliphatic rings. The number of hydrogen-bond donors (Lipinski definition) is 5. The average Bonchev–Trinajstić information content (AvgIpc) is 3.08. The van der Waals surface area contributed by atoms with Crippen LogP contribution in [0.25, 0.3) is 0 Å². The van der Waals surface area contributed by atoms with Crippen molar-refractivity contribution in [2.24, 2.45) is 5.84 Å². The van der Waals surface area contributed by atoms with Crippen molar-refractivity contribution in [3.05, 3.63) is 65.4 Å². The summed E-state index contributed by atoms with van der Waals surface area (Å²) in [6.07, 6.45) is 1.64. The second-order valence-corrected chi connectivity index (χ2v) is 8.33. The van der Waals surface area contributed by atoms with Crippen LogP contribution in [0, 0.1) is 0 Å². The summed E-state index contributed by atoms with van der Waals surface area (Å²) in [7, 11) is 0. The van der Waals surface area contributed by atoms with E-state index in [-0.39, 0.29) is 11.3 Å². The summed E-state index contributed by atoms with van der Waals surface area (Å²) >= 11 is 0. The number of anilines is 3. The second kappa shape index (κ2) is 7.74. The van der Waals surface area contributed by atoms with Gasteiger partial charge in [0, 0.05) is 17.8 Å². The Bertz CT molecular complexity index is 1090. The van der Waals surface area contributed by atoms with Crippen LogP contribution in [0.1, 0.15) is 42.3 Å². The van der Waals surface area contributed by atoms with Gasteiger partial charge in [-0.2, -0.15) is 4.98 Å². The maximum atomic E-state index is 11.7. The molecule has 0 atom stereocenters. The molecule has 2 heterocycles. The lowest BCUT2D eigenvalue weighted by molar-refractivity contribution is -0.482. The summed E-state index contributed by atoms with van der Waals surface area (Å²) < 4.78 is 0. The zero-order chi connectivity index (χ0) is 21.3. The maximum absolute atomic E-state index is 11.7. The second-order valence-electron chi connectivity index (χ2n) is 8.33. The molecule has 0 unspecified atom stereocenters. The lowest BCUT2D eigenvalue weighted by Gasteiger charge is -2.18. The zero-order valence-corrected chi connectivity index (χ0v) is 17.3. The van der Waals surface area contributed by atoms with Gasteiger partial charge in [0.15, 0.2) is 5.69 Å². The first-order chi connectivity index (χ1) is 14.3. The SMILES string of the molecule is CC(C)(C)c1ccc([NH2+]c2nc(Nc3ccc4c(c3)CNC4=O)ncc2NN)cc1. The number of hydrazine groups is 1. The van der Waals surface area contributed by atoms with E-state index < -0.39 is 0 Å². The van der Waals surface area contributed by atoms with Crippen molar-refractivity contribution >= 4 is 34.7 Å². The van der Waals surface area contributed by atoms with Crippen LogP contribution in [-0.2, 0) is 12.0 Å². The Morgan fingerprint density at radius 1 is 1.13 bits per heavy atom. The van der Waals surface area contributed by atoms with Gasteiger partial charge in [-0.15, -0.1) is 0 Å². The Labute approximate surface area is 175 Å². The van der Waals surface area contributed by atoms with Crippen molar-refractivity contribution < 1.29 is 10.1 Å². The number of rotatable bonds is 5. The van der Waals surface area contributed by atoms with Crippen LogP contribution in [0.5, 0.6) is 0 Å². The van der Waals surface area contributed by atoms with Gasteiger partial charge >= 0.3 is 0 Å². The first-order valence-corrected chi connectivity index (χ1v) is 9.80. The van der Waals surface area contributed by atoms with Gasteiger partial charge in [-0.1, -0.05) is 32.9 Å². The monoisotopic (exact) mass is 404 g/mol. The first kappa shape index (κ1) is 19.8. The summed E-state index contributed by atoms with van der Waals surface area (Å²) in [5, 5.41) is 7.98. The Kier molecular flexibility index (Phi) is 5.11. The van der Waals surface area contributed by atoms with Crippen LogP contribution < -0.4 is 27.2 Å². The van der Waals surface area contributed by atoms with Gasteiger partial charge in [0.25, 0.3) is 11.7 Å². The number of nitrogens with two attached hydrogens (primary N) is 2. The minimum Gasteiger partial charge on any atom is -0.348 e. The highest BCUT2D eigenvalue weighted by atomic mass is 16.1. The summed E-state index contributed by atoms with van der Waals surface area (Å²) in [5.74, 6) is 6.74. The number of amides is 1. The van der Waals surface area contributed by atoms with Crippen LogP contribution in [0.3, 0.4) is 0 Å². The third-order valence-corrected chi connectivity index (χ3v) is 5.10. The van der Waals surface area contributed by atoms with Gasteiger partial charge in [0.1, 0.15) is 5.69 Å². The molecular weight excluding hydrogens is 378 g/mol. The molecule has 1 amide bonds. The molecule has 0 aliphatic carbocycles. The predicted molar refractivity (Wildman–Crippen MR) is 117 cm³/mol. The zero-order valence-electron chi connectivity index (χ0n) is 17.3. The quantitative estimate of drug-likeness (QED) is 0.253. The molecule has 0 saturated heterocycles. The Hall–Kier alpha value is -3.49. The van der Waals surface area contributed by atoms with Crippen LogP contribution >= 0.6 is 0 Å². The van der Waals surface area contributed by atoms with E-state index in [1.807, 2.05) is 17.4 Å². The van der Waals surface area contributed by atoms with Crippen molar-refractivity contribution in [1.82, 2.24) is 15.3 Å². The number of aromatic nitrogens is 2. The highest BCUT2D eigenvalue weighted by molar-refractivity contribution is 5.98. The largest absolute Gasteiger partial charge is 0.348 e. The summed E-state index contributed by atoms with van der Waals surface area (Å²) in [5.41, 5.74) is 8.15. The van der Waals surface area contributed by atoms with E-state index in [9.17, 15) is 4.79 Å². The third-order valence-electron chi connectivity index (χ3n) is 5.10. The molecule has 4 rings (SSSR count). The molecule has 0 fully saturated rings. The number of nitrogens with zero attached hydrogens (tertiary/aromatic N) is 2. The van der Waals surface area contributed by atoms with Gasteiger partial charge in [0.2, 0.25) is 5.95 Å². The van der Waals surface area contributed by atoms with Crippen molar-refractivity contribution in [1.29, 1.82) is 0 Å². The van der Waals surface area contributed by atoms with Gasteiger partial charge in [0.05, 0.1) is 6.20 Å². The molecule has 154 valence electrons. The summed E-state index contributed by atoms with van der Waals surface area (Å²) in [4.78, 5) is 20.7. The van der Waals surface area contributed by atoms with Crippen LogP contribution in [0.2, 0.25) is 0 Å². The van der Waals surface area contributed by atoms with E-state index in [0.717, 1.165) is 16.9 Å². The molecule has 0 saturated carbocycles. The highest BCUT2D eigenvalue weighted by Crippen LogP contribution is 2.25. The lowest BCUT2D eigenvalue weighted by Crippen LogP contribution is -2.72. The molecule has 8 nitrogen and oxygen atoms in total. The number of carbonyl (C=O) groups excluding carboxylic acids is 1. The van der Waals surface area contributed by atoms with E-state index in [1.54, 1.807) is 12.3 Å². The molecule has 0 bridgehead atoms. The minimum atomic E-state index is -0.0412. The molecule has 1 aromatic heterocycles. The number of nitrogen functional groups attached to an aromatic ring is 1. The van der Waals surface area contributed by atoms with Crippen molar-refractivity contribution in [3.8, 4) is 0 Å². The lowest BCUT2D eigenvalue weighted by atomic mass is 9.87. The van der Waals surface area contributed by atoms with Gasteiger partial charge in [-0.25, -0.2) is 4.98 Å². The van der Waals surface area contributed by atoms with Crippen LogP contribution in [0.4, 0.5) is 28.8 Å². The molecular formula is C22H26N7O+. The highest BCUT2D eigenvalue weighted by Gasteiger charge is 2.19. The molecule has 30 heavy (non-hydrogen) atoms. The molecule has 3 aromatic rings. The Balaban J connectivity index is 1.56. The molecule has 8 heteroatoms. The van der Waals surface area contributed by atoms with Crippen molar-refractivity contribution in [2.75, 3.05) is 10.7 Å². The predicted octanol–water partition coefficient (Wildman–Crippen LogP) is 2.57. The fourth-order valence-corrected chi connectivity index (χ4v) is 3.35. The van der Waals surface area contributed by atoms with Crippen LogP contribution in [-0.4, -0.2) is 15.9 Å². The minimum absolute atomic E-state index is 0.0412. The number of nitrogens with one attached hydrogen (secondary N) is 3. The number of hydrogen-bond acceptors (Lipinski definition) is 6. The Morgan fingerprint density at radius 3 is 2.60 bits per heavy atom. The van der Waals surface area contributed by atoms with Gasteiger partial charge in [-0.05, 0) is 46.9 Å². The third kappa shape index (κ3) is 4.10. The molecule has 2 aromatic carbocycles. The number of quaternary nitrogens is 1. The van der Waals surface area contributed by atoms with Gasteiger partial charge < -0.3 is 16.1 Å². The number of benzene rings is 2. The van der Waals surface area contributed by atoms with E-state index in [0.29, 0.717) is 29.6 Å².